The number of rotatable bonds is 4. The number of anilines is 2. The van der Waals surface area contributed by atoms with Crippen molar-refractivity contribution in [3.8, 4) is 0 Å². The van der Waals surface area contributed by atoms with Crippen LogP contribution < -0.4 is 9.80 Å². The lowest BCUT2D eigenvalue weighted by atomic mass is 9.98. The lowest BCUT2D eigenvalue weighted by molar-refractivity contribution is -0.130. The summed E-state index contributed by atoms with van der Waals surface area (Å²) in [5.74, 6) is -0.0271. The van der Waals surface area contributed by atoms with Crippen molar-refractivity contribution in [3.63, 3.8) is 0 Å². The third-order valence-corrected chi connectivity index (χ3v) is 6.10. The topological polar surface area (TPSA) is 42.4 Å². The molecule has 0 spiro atoms. The fourth-order valence-corrected chi connectivity index (χ4v) is 4.16. The highest BCUT2D eigenvalue weighted by Gasteiger charge is 2.31. The van der Waals surface area contributed by atoms with Crippen molar-refractivity contribution in [1.82, 2.24) is 9.91 Å². The molecular weight excluding hydrogens is 374 g/mol. The molecule has 4 rings (SSSR count). The third-order valence-electron chi connectivity index (χ3n) is 6.10. The number of benzene rings is 2. The van der Waals surface area contributed by atoms with Gasteiger partial charge in [0.1, 0.15) is 0 Å². The van der Waals surface area contributed by atoms with Crippen molar-refractivity contribution < 1.29 is 4.79 Å². The number of hydrogen-bond acceptors (Lipinski definition) is 5. The van der Waals surface area contributed by atoms with Crippen LogP contribution in [0.25, 0.3) is 0 Å². The molecule has 6 nitrogen and oxygen atoms in total. The summed E-state index contributed by atoms with van der Waals surface area (Å²) in [6.07, 6.45) is 0.731. The average molecular weight is 406 g/mol. The maximum atomic E-state index is 12.3. The van der Waals surface area contributed by atoms with Gasteiger partial charge in [-0.25, -0.2) is 5.01 Å². The number of amides is 1. The molecule has 2 aromatic rings. The molecule has 2 aromatic carbocycles. The summed E-state index contributed by atoms with van der Waals surface area (Å²) < 4.78 is 0. The Kier molecular flexibility index (Phi) is 5.77. The van der Waals surface area contributed by atoms with E-state index >= 15 is 0 Å². The molecule has 0 saturated carbocycles. The number of likely N-dealkylation sites (N-methyl/N-ethyl adjacent to an activating group) is 1. The van der Waals surface area contributed by atoms with Gasteiger partial charge in [0, 0.05) is 65.0 Å². The van der Waals surface area contributed by atoms with Crippen LogP contribution in [-0.4, -0.2) is 68.8 Å². The first-order valence-corrected chi connectivity index (χ1v) is 10.6. The van der Waals surface area contributed by atoms with E-state index in [0.29, 0.717) is 0 Å². The van der Waals surface area contributed by atoms with E-state index < -0.39 is 0 Å². The highest BCUT2D eigenvalue weighted by atomic mass is 16.2. The first kappa shape index (κ1) is 20.4. The van der Waals surface area contributed by atoms with E-state index in [9.17, 15) is 4.79 Å². The molecule has 2 aliphatic heterocycles. The maximum absolute atomic E-state index is 12.3. The van der Waals surface area contributed by atoms with Crippen molar-refractivity contribution in [1.29, 1.82) is 0 Å². The Bertz CT molecular complexity index is 912. The van der Waals surface area contributed by atoms with Gasteiger partial charge in [0.25, 0.3) is 0 Å². The largest absolute Gasteiger partial charge is 0.378 e. The molecule has 158 valence electrons. The van der Waals surface area contributed by atoms with Crippen LogP contribution in [-0.2, 0) is 4.79 Å². The molecule has 30 heavy (non-hydrogen) atoms. The molecule has 1 unspecified atom stereocenters. The van der Waals surface area contributed by atoms with Crippen LogP contribution >= 0.6 is 0 Å². The Balaban J connectivity index is 1.51. The van der Waals surface area contributed by atoms with Crippen LogP contribution in [0.15, 0.2) is 53.6 Å². The summed E-state index contributed by atoms with van der Waals surface area (Å²) >= 11 is 0. The van der Waals surface area contributed by atoms with E-state index in [1.807, 2.05) is 14.1 Å². The second-order valence-electron chi connectivity index (χ2n) is 8.45. The molecule has 0 N–H and O–H groups in total. The maximum Gasteiger partial charge on any atom is 0.240 e. The zero-order valence-corrected chi connectivity index (χ0v) is 18.4. The van der Waals surface area contributed by atoms with Gasteiger partial charge in [-0.3, -0.25) is 4.79 Å². The van der Waals surface area contributed by atoms with Gasteiger partial charge in [0.05, 0.1) is 11.8 Å². The Hall–Kier alpha value is -2.86. The smallest absolute Gasteiger partial charge is 0.240 e. The second kappa shape index (κ2) is 8.48. The molecule has 1 atom stereocenters. The highest BCUT2D eigenvalue weighted by molar-refractivity contribution is 6.03. The number of piperazine rings is 1. The second-order valence-corrected chi connectivity index (χ2v) is 8.45. The van der Waals surface area contributed by atoms with Crippen molar-refractivity contribution in [2.24, 2.45) is 5.10 Å². The molecular formula is C24H31N5O. The van der Waals surface area contributed by atoms with Gasteiger partial charge in [0.2, 0.25) is 5.91 Å². The number of hydrogen-bond donors (Lipinski definition) is 0. The Morgan fingerprint density at radius 2 is 1.60 bits per heavy atom. The van der Waals surface area contributed by atoms with E-state index in [-0.39, 0.29) is 11.9 Å². The molecule has 0 aliphatic carbocycles. The zero-order valence-electron chi connectivity index (χ0n) is 18.4. The van der Waals surface area contributed by atoms with Gasteiger partial charge >= 0.3 is 0 Å². The standard InChI is InChI=1S/C24H31N5O/c1-18(30)29-24(20-7-9-21(10-8-20)26(2)3)17-23(25-29)19-5-11-22(12-6-19)28-15-13-27(4)14-16-28/h5-12,24H,13-17H2,1-4H3. The van der Waals surface area contributed by atoms with Gasteiger partial charge in [-0.05, 0) is 42.4 Å². The van der Waals surface area contributed by atoms with E-state index in [2.05, 4.69) is 70.3 Å². The predicted octanol–water partition coefficient (Wildman–Crippen LogP) is 3.20. The summed E-state index contributed by atoms with van der Waals surface area (Å²) in [4.78, 5) is 19.1. The van der Waals surface area contributed by atoms with E-state index in [1.165, 1.54) is 5.69 Å². The minimum absolute atomic E-state index is 0.0271. The van der Waals surface area contributed by atoms with E-state index in [1.54, 1.807) is 11.9 Å². The molecule has 2 aliphatic rings. The van der Waals surface area contributed by atoms with Gasteiger partial charge in [-0.2, -0.15) is 5.10 Å². The lowest BCUT2D eigenvalue weighted by Crippen LogP contribution is -2.44. The molecule has 1 fully saturated rings. The van der Waals surface area contributed by atoms with Crippen molar-refractivity contribution in [2.45, 2.75) is 19.4 Å². The van der Waals surface area contributed by atoms with Crippen molar-refractivity contribution in [2.75, 3.05) is 57.1 Å². The van der Waals surface area contributed by atoms with Crippen LogP contribution in [0.5, 0.6) is 0 Å². The summed E-state index contributed by atoms with van der Waals surface area (Å²) in [6, 6.07) is 17.0. The van der Waals surface area contributed by atoms with Gasteiger partial charge in [-0.15, -0.1) is 0 Å². The van der Waals surface area contributed by atoms with Crippen LogP contribution in [0.1, 0.15) is 30.5 Å². The minimum Gasteiger partial charge on any atom is -0.378 e. The van der Waals surface area contributed by atoms with E-state index in [0.717, 1.165) is 55.1 Å². The quantitative estimate of drug-likeness (QED) is 0.784. The van der Waals surface area contributed by atoms with Gasteiger partial charge in [-0.1, -0.05) is 24.3 Å². The van der Waals surface area contributed by atoms with Crippen molar-refractivity contribution >= 4 is 23.0 Å². The summed E-state index contributed by atoms with van der Waals surface area (Å²) in [5.41, 5.74) is 5.57. The summed E-state index contributed by atoms with van der Waals surface area (Å²) in [5, 5.41) is 6.33. The highest BCUT2D eigenvalue weighted by Crippen LogP contribution is 2.34. The summed E-state index contributed by atoms with van der Waals surface area (Å²) in [6.45, 7) is 5.89. The minimum atomic E-state index is -0.0500. The van der Waals surface area contributed by atoms with Crippen LogP contribution in [0.2, 0.25) is 0 Å². The molecule has 0 radical (unpaired) electrons. The molecule has 0 aromatic heterocycles. The average Bonchev–Trinajstić information content (AvgIpc) is 3.20. The van der Waals surface area contributed by atoms with Crippen LogP contribution in [0, 0.1) is 0 Å². The van der Waals surface area contributed by atoms with E-state index in [4.69, 9.17) is 5.10 Å². The SMILES string of the molecule is CC(=O)N1N=C(c2ccc(N3CCN(C)CC3)cc2)CC1c1ccc(N(C)C)cc1. The first-order valence-electron chi connectivity index (χ1n) is 10.6. The first-order chi connectivity index (χ1) is 14.4. The van der Waals surface area contributed by atoms with Gasteiger partial charge in [0.15, 0.2) is 0 Å². The molecule has 0 bridgehead atoms. The number of carbonyl (C=O) groups is 1. The number of nitrogens with zero attached hydrogens (tertiary/aromatic N) is 5. The third kappa shape index (κ3) is 4.19. The Morgan fingerprint density at radius 1 is 0.967 bits per heavy atom. The predicted molar refractivity (Wildman–Crippen MR) is 123 cm³/mol. The fourth-order valence-electron chi connectivity index (χ4n) is 4.16. The van der Waals surface area contributed by atoms with Crippen molar-refractivity contribution in [3.05, 3.63) is 59.7 Å². The summed E-state index contributed by atoms with van der Waals surface area (Å²) in [7, 11) is 6.23. The molecule has 6 heteroatoms. The van der Waals surface area contributed by atoms with Crippen LogP contribution in [0.3, 0.4) is 0 Å². The monoisotopic (exact) mass is 405 g/mol. The Morgan fingerprint density at radius 3 is 2.17 bits per heavy atom. The molecule has 1 amide bonds. The fraction of sp³-hybridized carbons (Fsp3) is 0.417. The molecule has 2 heterocycles. The zero-order chi connectivity index (χ0) is 21.3. The normalized spacial score (nSPS) is 19.7. The van der Waals surface area contributed by atoms with Gasteiger partial charge < -0.3 is 14.7 Å². The lowest BCUT2D eigenvalue weighted by Gasteiger charge is -2.34. The Labute approximate surface area is 179 Å². The van der Waals surface area contributed by atoms with Crippen LogP contribution in [0.4, 0.5) is 11.4 Å². The molecule has 1 saturated heterocycles. The number of carbonyl (C=O) groups excluding carboxylic acids is 1. The number of hydrazone groups is 1.